The van der Waals surface area contributed by atoms with Crippen molar-refractivity contribution in [3.63, 3.8) is 0 Å². The summed E-state index contributed by atoms with van der Waals surface area (Å²) in [5.41, 5.74) is 0. The fourth-order valence-electron chi connectivity index (χ4n) is 10.1. The number of carbonyl (C=O) groups is 3. The molecule has 0 aromatic rings. The van der Waals surface area contributed by atoms with E-state index >= 15 is 0 Å². The lowest BCUT2D eigenvalue weighted by Crippen LogP contribution is -2.30. The predicted molar refractivity (Wildman–Crippen MR) is 344 cm³/mol. The number of esters is 3. The Morgan fingerprint density at radius 3 is 0.835 bits per heavy atom. The Kier molecular flexibility index (Phi) is 64.7. The molecule has 79 heavy (non-hydrogen) atoms. The highest BCUT2D eigenvalue weighted by Gasteiger charge is 2.19. The smallest absolute Gasteiger partial charge is 0.306 e. The van der Waals surface area contributed by atoms with Crippen LogP contribution in [0.1, 0.15) is 355 Å². The largest absolute Gasteiger partial charge is 0.462 e. The normalized spacial score (nSPS) is 12.5. The number of rotatable bonds is 63. The van der Waals surface area contributed by atoms with E-state index in [1.54, 1.807) is 0 Å². The standard InChI is InChI=1S/C73H130O6/c1-4-7-10-13-16-19-22-24-26-28-29-30-31-32-33-34-35-36-37-38-39-40-41-42-43-44-45-46-48-49-51-54-57-60-63-66-72(75)78-69-70(68-77-71(74)65-62-59-56-53-21-18-15-12-9-6-3)79-73(76)67-64-61-58-55-52-50-47-27-25-23-20-17-14-11-8-5-2/h7,10,12,15-16,19,24,26,29-30,32-33,70H,4-6,8-9,11,13-14,17-18,20-23,25,27-28,31,34-69H2,1-3H3/b10-7-,15-12-,19-16-,26-24-,30-29-,33-32-. The van der Waals surface area contributed by atoms with Gasteiger partial charge in [0.1, 0.15) is 13.2 Å². The van der Waals surface area contributed by atoms with E-state index < -0.39 is 6.10 Å². The first-order valence-electron chi connectivity index (χ1n) is 34.4. The van der Waals surface area contributed by atoms with Gasteiger partial charge in [-0.25, -0.2) is 0 Å². The summed E-state index contributed by atoms with van der Waals surface area (Å²) >= 11 is 0. The van der Waals surface area contributed by atoms with Crippen molar-refractivity contribution in [2.45, 2.75) is 361 Å². The molecule has 0 spiro atoms. The zero-order valence-corrected chi connectivity index (χ0v) is 52.6. The van der Waals surface area contributed by atoms with Crippen LogP contribution in [-0.2, 0) is 28.6 Å². The summed E-state index contributed by atoms with van der Waals surface area (Å²) in [6, 6.07) is 0. The van der Waals surface area contributed by atoms with Gasteiger partial charge in [0.15, 0.2) is 6.10 Å². The second-order valence-electron chi connectivity index (χ2n) is 23.1. The van der Waals surface area contributed by atoms with Crippen LogP contribution in [0.2, 0.25) is 0 Å². The molecule has 0 rings (SSSR count). The van der Waals surface area contributed by atoms with Crippen LogP contribution >= 0.6 is 0 Å². The molecule has 458 valence electrons. The maximum absolute atomic E-state index is 12.9. The fraction of sp³-hybridized carbons (Fsp3) is 0.795. The maximum Gasteiger partial charge on any atom is 0.306 e. The van der Waals surface area contributed by atoms with Crippen molar-refractivity contribution in [3.8, 4) is 0 Å². The van der Waals surface area contributed by atoms with Crippen LogP contribution < -0.4 is 0 Å². The van der Waals surface area contributed by atoms with E-state index in [2.05, 4.69) is 93.7 Å². The number of carbonyl (C=O) groups excluding carboxylic acids is 3. The Morgan fingerprint density at radius 1 is 0.266 bits per heavy atom. The number of hydrogen-bond donors (Lipinski definition) is 0. The van der Waals surface area contributed by atoms with E-state index in [-0.39, 0.29) is 31.1 Å². The summed E-state index contributed by atoms with van der Waals surface area (Å²) in [5, 5.41) is 0. The highest BCUT2D eigenvalue weighted by atomic mass is 16.6. The lowest BCUT2D eigenvalue weighted by Gasteiger charge is -2.18. The third-order valence-corrected chi connectivity index (χ3v) is 15.2. The van der Waals surface area contributed by atoms with Crippen molar-refractivity contribution in [1.82, 2.24) is 0 Å². The Morgan fingerprint density at radius 2 is 0.519 bits per heavy atom. The molecule has 0 amide bonds. The number of hydrogen-bond acceptors (Lipinski definition) is 6. The minimum Gasteiger partial charge on any atom is -0.462 e. The summed E-state index contributed by atoms with van der Waals surface area (Å²) in [5.74, 6) is -0.862. The molecule has 1 atom stereocenters. The molecule has 0 aliphatic rings. The molecule has 0 aliphatic carbocycles. The number of unbranched alkanes of at least 4 members (excludes halogenated alkanes) is 40. The van der Waals surface area contributed by atoms with Gasteiger partial charge in [-0.05, 0) is 83.5 Å². The second-order valence-corrected chi connectivity index (χ2v) is 23.1. The van der Waals surface area contributed by atoms with Gasteiger partial charge in [0.2, 0.25) is 0 Å². The number of allylic oxidation sites excluding steroid dienone is 12. The van der Waals surface area contributed by atoms with Crippen molar-refractivity contribution in [3.05, 3.63) is 72.9 Å². The molecule has 1 unspecified atom stereocenters. The lowest BCUT2D eigenvalue weighted by molar-refractivity contribution is -0.167. The first-order valence-corrected chi connectivity index (χ1v) is 34.4. The maximum atomic E-state index is 12.9. The van der Waals surface area contributed by atoms with E-state index in [0.717, 1.165) is 103 Å². The highest BCUT2D eigenvalue weighted by Crippen LogP contribution is 2.18. The van der Waals surface area contributed by atoms with E-state index in [0.29, 0.717) is 19.3 Å². The molecule has 0 saturated carbocycles. The molecule has 0 N–H and O–H groups in total. The van der Waals surface area contributed by atoms with E-state index in [4.69, 9.17) is 14.2 Å². The first kappa shape index (κ1) is 75.8. The molecular formula is C73H130O6. The van der Waals surface area contributed by atoms with Crippen LogP contribution in [0.25, 0.3) is 0 Å². The fourth-order valence-corrected chi connectivity index (χ4v) is 10.1. The predicted octanol–water partition coefficient (Wildman–Crippen LogP) is 23.7. The van der Waals surface area contributed by atoms with Gasteiger partial charge in [-0.15, -0.1) is 0 Å². The molecule has 0 saturated heterocycles. The summed E-state index contributed by atoms with van der Waals surface area (Å²) < 4.78 is 16.9. The summed E-state index contributed by atoms with van der Waals surface area (Å²) in [6.07, 6.45) is 88.1. The number of ether oxygens (including phenoxy) is 3. The van der Waals surface area contributed by atoms with Gasteiger partial charge in [-0.3, -0.25) is 14.4 Å². The zero-order chi connectivity index (χ0) is 57.1. The van der Waals surface area contributed by atoms with Crippen LogP contribution in [0.4, 0.5) is 0 Å². The summed E-state index contributed by atoms with van der Waals surface area (Å²) in [7, 11) is 0. The minimum atomic E-state index is -0.773. The third kappa shape index (κ3) is 65.5. The Hall–Kier alpha value is -3.15. The van der Waals surface area contributed by atoms with Crippen molar-refractivity contribution in [2.75, 3.05) is 13.2 Å². The van der Waals surface area contributed by atoms with Gasteiger partial charge in [0, 0.05) is 19.3 Å². The Bertz CT molecular complexity index is 1450. The monoisotopic (exact) mass is 1100 g/mol. The third-order valence-electron chi connectivity index (χ3n) is 15.2. The van der Waals surface area contributed by atoms with Gasteiger partial charge in [0.25, 0.3) is 0 Å². The molecule has 0 aromatic heterocycles. The van der Waals surface area contributed by atoms with Crippen LogP contribution in [-0.4, -0.2) is 37.2 Å². The average molecular weight is 1100 g/mol. The highest BCUT2D eigenvalue weighted by molar-refractivity contribution is 5.71. The van der Waals surface area contributed by atoms with Crippen molar-refractivity contribution in [2.24, 2.45) is 0 Å². The van der Waals surface area contributed by atoms with Crippen LogP contribution in [0.3, 0.4) is 0 Å². The topological polar surface area (TPSA) is 78.9 Å². The molecule has 6 nitrogen and oxygen atoms in total. The van der Waals surface area contributed by atoms with Gasteiger partial charge < -0.3 is 14.2 Å². The van der Waals surface area contributed by atoms with E-state index in [9.17, 15) is 14.4 Å². The van der Waals surface area contributed by atoms with Crippen molar-refractivity contribution in [1.29, 1.82) is 0 Å². The molecule has 0 fully saturated rings. The van der Waals surface area contributed by atoms with Crippen LogP contribution in [0, 0.1) is 0 Å². The zero-order valence-electron chi connectivity index (χ0n) is 52.6. The summed E-state index contributed by atoms with van der Waals surface area (Å²) in [4.78, 5) is 38.2. The Balaban J connectivity index is 4.04. The molecule has 0 aliphatic heterocycles. The average Bonchev–Trinajstić information content (AvgIpc) is 3.45. The van der Waals surface area contributed by atoms with Crippen molar-refractivity contribution < 1.29 is 28.6 Å². The molecule has 0 radical (unpaired) electrons. The molecule has 0 bridgehead atoms. The minimum absolute atomic E-state index is 0.0716. The van der Waals surface area contributed by atoms with Gasteiger partial charge >= 0.3 is 17.9 Å². The van der Waals surface area contributed by atoms with Crippen molar-refractivity contribution >= 4 is 17.9 Å². The van der Waals surface area contributed by atoms with Gasteiger partial charge in [0.05, 0.1) is 0 Å². The molecule has 0 aromatic carbocycles. The van der Waals surface area contributed by atoms with E-state index in [1.165, 1.54) is 212 Å². The second kappa shape index (κ2) is 67.4. The summed E-state index contributed by atoms with van der Waals surface area (Å²) in [6.45, 7) is 6.51. The van der Waals surface area contributed by atoms with Crippen LogP contribution in [0.5, 0.6) is 0 Å². The molecule has 6 heteroatoms. The Labute approximate surface area is 491 Å². The van der Waals surface area contributed by atoms with Gasteiger partial charge in [-0.1, -0.05) is 325 Å². The van der Waals surface area contributed by atoms with E-state index in [1.807, 2.05) is 0 Å². The van der Waals surface area contributed by atoms with Gasteiger partial charge in [-0.2, -0.15) is 0 Å². The molecular weight excluding hydrogens is 973 g/mol. The first-order chi connectivity index (χ1) is 39.0. The quantitative estimate of drug-likeness (QED) is 0.0261. The van der Waals surface area contributed by atoms with Crippen LogP contribution in [0.15, 0.2) is 72.9 Å². The SMILES string of the molecule is CC/C=C\C/C=C\C/C=C\C/C=C\C/C=C\CCCCCCCCCCCCCCCCCCCCCC(=O)OCC(COC(=O)CCCCCCC/C=C\CCC)OC(=O)CCCCCCCCCCCCCCCCCC. The lowest BCUT2D eigenvalue weighted by atomic mass is 10.0. The molecule has 0 heterocycles.